The highest BCUT2D eigenvalue weighted by Crippen LogP contribution is 2.22. The van der Waals surface area contributed by atoms with Crippen molar-refractivity contribution in [3.63, 3.8) is 0 Å². The lowest BCUT2D eigenvalue weighted by molar-refractivity contribution is 1.08. The molecule has 0 bridgehead atoms. The van der Waals surface area contributed by atoms with Crippen LogP contribution in [-0.4, -0.2) is 29.0 Å². The Morgan fingerprint density at radius 3 is 2.45 bits per heavy atom. The number of halogens is 1. The Morgan fingerprint density at radius 2 is 1.80 bits per heavy atom. The number of nitrogens with one attached hydrogen (secondary N) is 1. The lowest BCUT2D eigenvalue weighted by Gasteiger charge is -2.09. The van der Waals surface area contributed by atoms with E-state index in [0.717, 1.165) is 33.9 Å². The highest BCUT2D eigenvalue weighted by atomic mass is 35.5. The Bertz CT molecular complexity index is 731. The van der Waals surface area contributed by atoms with Gasteiger partial charge in [-0.3, -0.25) is 0 Å². The summed E-state index contributed by atoms with van der Waals surface area (Å²) in [6.07, 6.45) is 0. The third-order valence-electron chi connectivity index (χ3n) is 3.17. The number of hydrogen-bond acceptors (Lipinski definition) is 3. The summed E-state index contributed by atoms with van der Waals surface area (Å²) >= 11 is 5.80. The van der Waals surface area contributed by atoms with E-state index in [2.05, 4.69) is 15.0 Å². The van der Waals surface area contributed by atoms with Crippen molar-refractivity contribution in [1.82, 2.24) is 15.0 Å². The number of H-pyrrole nitrogens is 1. The van der Waals surface area contributed by atoms with Crippen molar-refractivity contribution in [2.24, 2.45) is 0 Å². The standard InChI is InChI=1S/C15H15ClN4/c1-20(2)13-8-7-12-15(18-13)19-14(17-12)11-5-3-10(9-16)4-6-11/h3-8H,9H2,1-2H3,(H,17,18,19). The second-order valence-corrected chi connectivity index (χ2v) is 5.12. The summed E-state index contributed by atoms with van der Waals surface area (Å²) in [5, 5.41) is 0. The van der Waals surface area contributed by atoms with Gasteiger partial charge in [0.1, 0.15) is 11.6 Å². The highest BCUT2D eigenvalue weighted by molar-refractivity contribution is 6.17. The van der Waals surface area contributed by atoms with Gasteiger partial charge in [0.05, 0.1) is 5.52 Å². The molecule has 5 heteroatoms. The molecule has 0 aliphatic carbocycles. The van der Waals surface area contributed by atoms with E-state index in [4.69, 9.17) is 11.6 Å². The van der Waals surface area contributed by atoms with Crippen LogP contribution in [-0.2, 0) is 5.88 Å². The molecule has 20 heavy (non-hydrogen) atoms. The molecule has 4 nitrogen and oxygen atoms in total. The zero-order valence-corrected chi connectivity index (χ0v) is 12.1. The van der Waals surface area contributed by atoms with Gasteiger partial charge in [-0.1, -0.05) is 24.3 Å². The Hall–Kier alpha value is -2.07. The molecule has 2 heterocycles. The zero-order valence-electron chi connectivity index (χ0n) is 11.4. The molecule has 1 N–H and O–H groups in total. The van der Waals surface area contributed by atoms with E-state index < -0.39 is 0 Å². The van der Waals surface area contributed by atoms with E-state index in [1.165, 1.54) is 0 Å². The first-order chi connectivity index (χ1) is 9.67. The summed E-state index contributed by atoms with van der Waals surface area (Å²) in [6.45, 7) is 0. The minimum absolute atomic E-state index is 0.522. The minimum Gasteiger partial charge on any atom is -0.363 e. The van der Waals surface area contributed by atoms with Gasteiger partial charge in [-0.25, -0.2) is 9.97 Å². The molecular formula is C15H15ClN4. The summed E-state index contributed by atoms with van der Waals surface area (Å²) in [4.78, 5) is 14.3. The minimum atomic E-state index is 0.522. The molecule has 0 saturated heterocycles. The molecule has 1 aromatic carbocycles. The maximum Gasteiger partial charge on any atom is 0.180 e. The maximum absolute atomic E-state index is 5.80. The van der Waals surface area contributed by atoms with Crippen LogP contribution in [0.5, 0.6) is 0 Å². The van der Waals surface area contributed by atoms with E-state index in [0.29, 0.717) is 5.88 Å². The SMILES string of the molecule is CN(C)c1ccc2[nH]c(-c3ccc(CCl)cc3)nc2n1. The molecule has 0 saturated carbocycles. The van der Waals surface area contributed by atoms with Crippen molar-refractivity contribution in [2.45, 2.75) is 5.88 Å². The van der Waals surface area contributed by atoms with Gasteiger partial charge in [0.2, 0.25) is 0 Å². The smallest absolute Gasteiger partial charge is 0.180 e. The summed E-state index contributed by atoms with van der Waals surface area (Å²) in [5.74, 6) is 2.24. The number of pyridine rings is 1. The second kappa shape index (κ2) is 5.13. The Labute approximate surface area is 122 Å². The van der Waals surface area contributed by atoms with Crippen LogP contribution in [0.25, 0.3) is 22.6 Å². The van der Waals surface area contributed by atoms with Gasteiger partial charge in [0.15, 0.2) is 5.65 Å². The maximum atomic E-state index is 5.80. The molecule has 0 unspecified atom stereocenters. The number of fused-ring (bicyclic) bond motifs is 1. The monoisotopic (exact) mass is 286 g/mol. The van der Waals surface area contributed by atoms with Gasteiger partial charge in [0.25, 0.3) is 0 Å². The van der Waals surface area contributed by atoms with Crippen LogP contribution in [0.3, 0.4) is 0 Å². The molecule has 3 aromatic rings. The van der Waals surface area contributed by atoms with Crippen LogP contribution in [0.15, 0.2) is 36.4 Å². The van der Waals surface area contributed by atoms with E-state index in [1.807, 2.05) is 55.4 Å². The Morgan fingerprint density at radius 1 is 1.05 bits per heavy atom. The van der Waals surface area contributed by atoms with E-state index in [-0.39, 0.29) is 0 Å². The van der Waals surface area contributed by atoms with E-state index in [9.17, 15) is 0 Å². The first kappa shape index (κ1) is 12.9. The van der Waals surface area contributed by atoms with Gasteiger partial charge in [0, 0.05) is 25.5 Å². The van der Waals surface area contributed by atoms with Crippen molar-refractivity contribution in [1.29, 1.82) is 0 Å². The number of hydrogen-bond donors (Lipinski definition) is 1. The molecule has 0 spiro atoms. The molecule has 2 aromatic heterocycles. The van der Waals surface area contributed by atoms with Gasteiger partial charge in [-0.2, -0.15) is 0 Å². The van der Waals surface area contributed by atoms with Crippen molar-refractivity contribution >= 4 is 28.6 Å². The first-order valence-electron chi connectivity index (χ1n) is 6.37. The summed E-state index contributed by atoms with van der Waals surface area (Å²) in [6, 6.07) is 12.0. The van der Waals surface area contributed by atoms with Crippen LogP contribution in [0, 0.1) is 0 Å². The highest BCUT2D eigenvalue weighted by Gasteiger charge is 2.08. The fourth-order valence-corrected chi connectivity index (χ4v) is 2.20. The molecule has 3 rings (SSSR count). The van der Waals surface area contributed by atoms with Crippen molar-refractivity contribution < 1.29 is 0 Å². The fraction of sp³-hybridized carbons (Fsp3) is 0.200. The number of alkyl halides is 1. The number of anilines is 1. The van der Waals surface area contributed by atoms with Gasteiger partial charge in [-0.05, 0) is 17.7 Å². The molecule has 102 valence electrons. The van der Waals surface area contributed by atoms with Crippen molar-refractivity contribution in [3.8, 4) is 11.4 Å². The average Bonchev–Trinajstić information content (AvgIpc) is 2.90. The summed E-state index contributed by atoms with van der Waals surface area (Å²) in [5.41, 5.74) is 3.79. The summed E-state index contributed by atoms with van der Waals surface area (Å²) in [7, 11) is 3.93. The molecular weight excluding hydrogens is 272 g/mol. The third kappa shape index (κ3) is 2.34. The number of imidazole rings is 1. The quantitative estimate of drug-likeness (QED) is 0.750. The number of aromatic nitrogens is 3. The van der Waals surface area contributed by atoms with Crippen LogP contribution in [0.4, 0.5) is 5.82 Å². The first-order valence-corrected chi connectivity index (χ1v) is 6.90. The second-order valence-electron chi connectivity index (χ2n) is 4.85. The molecule has 0 aliphatic rings. The third-order valence-corrected chi connectivity index (χ3v) is 3.48. The largest absolute Gasteiger partial charge is 0.363 e. The normalized spacial score (nSPS) is 10.9. The molecule has 0 atom stereocenters. The summed E-state index contributed by atoms with van der Waals surface area (Å²) < 4.78 is 0. The van der Waals surface area contributed by atoms with E-state index >= 15 is 0 Å². The predicted molar refractivity (Wildman–Crippen MR) is 83.2 cm³/mol. The van der Waals surface area contributed by atoms with Crippen molar-refractivity contribution in [2.75, 3.05) is 19.0 Å². The lowest BCUT2D eigenvalue weighted by atomic mass is 10.1. The van der Waals surface area contributed by atoms with Gasteiger partial charge < -0.3 is 9.88 Å². The van der Waals surface area contributed by atoms with Gasteiger partial charge >= 0.3 is 0 Å². The van der Waals surface area contributed by atoms with E-state index in [1.54, 1.807) is 0 Å². The van der Waals surface area contributed by atoms with Crippen LogP contribution >= 0.6 is 11.6 Å². The fourth-order valence-electron chi connectivity index (χ4n) is 2.02. The predicted octanol–water partition coefficient (Wildman–Crippen LogP) is 3.43. The molecule has 0 fully saturated rings. The average molecular weight is 287 g/mol. The van der Waals surface area contributed by atoms with Crippen LogP contribution in [0.2, 0.25) is 0 Å². The molecule has 0 radical (unpaired) electrons. The molecule has 0 aliphatic heterocycles. The zero-order chi connectivity index (χ0) is 14.1. The van der Waals surface area contributed by atoms with Gasteiger partial charge in [-0.15, -0.1) is 11.6 Å². The lowest BCUT2D eigenvalue weighted by Crippen LogP contribution is -2.10. The Kier molecular flexibility index (Phi) is 3.32. The number of rotatable bonds is 3. The topological polar surface area (TPSA) is 44.8 Å². The number of aromatic amines is 1. The van der Waals surface area contributed by atoms with Crippen LogP contribution < -0.4 is 4.90 Å². The van der Waals surface area contributed by atoms with Crippen molar-refractivity contribution in [3.05, 3.63) is 42.0 Å². The number of benzene rings is 1. The molecule has 0 amide bonds. The van der Waals surface area contributed by atoms with Crippen LogP contribution in [0.1, 0.15) is 5.56 Å². The number of nitrogens with zero attached hydrogens (tertiary/aromatic N) is 3. The Balaban J connectivity index is 2.03.